The highest BCUT2D eigenvalue weighted by atomic mass is 19.1. The second kappa shape index (κ2) is 12.7. The number of nitrogens with zero attached hydrogens (tertiary/aromatic N) is 5. The number of fused-ring (bicyclic) bond motifs is 3. The first kappa shape index (κ1) is 31.2. The second-order valence-corrected chi connectivity index (χ2v) is 13.5. The number of aromatic nitrogens is 3. The molecule has 3 atom stereocenters. The van der Waals surface area contributed by atoms with Crippen LogP contribution in [0.3, 0.4) is 0 Å². The van der Waals surface area contributed by atoms with Gasteiger partial charge in [-0.1, -0.05) is 18.4 Å². The van der Waals surface area contributed by atoms with Crippen molar-refractivity contribution in [1.82, 2.24) is 19.9 Å². The first-order chi connectivity index (χ1) is 23.5. The summed E-state index contributed by atoms with van der Waals surface area (Å²) in [6.07, 6.45) is 14.6. The summed E-state index contributed by atoms with van der Waals surface area (Å²) in [7, 11) is 0. The lowest BCUT2D eigenvalue weighted by Gasteiger charge is -2.48. The van der Waals surface area contributed by atoms with E-state index in [1.807, 2.05) is 0 Å². The summed E-state index contributed by atoms with van der Waals surface area (Å²) in [6.45, 7) is 5.49. The van der Waals surface area contributed by atoms with Gasteiger partial charge in [-0.05, 0) is 68.7 Å². The predicted octanol–water partition coefficient (Wildman–Crippen LogP) is 5.84. The molecule has 4 aliphatic rings. The molecule has 0 radical (unpaired) electrons. The van der Waals surface area contributed by atoms with Crippen molar-refractivity contribution in [3.05, 3.63) is 47.7 Å². The van der Waals surface area contributed by atoms with Crippen molar-refractivity contribution in [2.75, 3.05) is 57.6 Å². The number of phenolic OH excluding ortho intramolecular Hbond substituents is 1. The van der Waals surface area contributed by atoms with Gasteiger partial charge in [-0.25, -0.2) is 8.78 Å². The number of ether oxygens (including phenoxy) is 3. The maximum Gasteiger partial charge on any atom is 0.319 e. The van der Waals surface area contributed by atoms with Gasteiger partial charge in [0.15, 0.2) is 5.82 Å². The van der Waals surface area contributed by atoms with Crippen LogP contribution in [0.1, 0.15) is 50.5 Å². The molecule has 5 heterocycles. The SMILES string of the molecule is C#Cc1c(F)ccc2cc(O)cc(-c3ncc4c(N5CCCOCC5)nc(OC[C@]56CCC[C@H]5N(C5CCOC5)CCC6)nc4c3F)c12. The zero-order valence-electron chi connectivity index (χ0n) is 26.9. The Kier molecular flexibility index (Phi) is 8.27. The number of aromatic hydroxyl groups is 1. The van der Waals surface area contributed by atoms with Gasteiger partial charge in [0.25, 0.3) is 0 Å². The van der Waals surface area contributed by atoms with Crippen LogP contribution in [-0.2, 0) is 9.47 Å². The number of halogens is 2. The highest BCUT2D eigenvalue weighted by Crippen LogP contribution is 2.49. The number of terminal acetylenes is 1. The molecule has 2 aromatic heterocycles. The Hall–Kier alpha value is -4.11. The van der Waals surface area contributed by atoms with Crippen LogP contribution in [0.15, 0.2) is 30.5 Å². The van der Waals surface area contributed by atoms with Crippen molar-refractivity contribution < 1.29 is 28.1 Å². The molecule has 1 aliphatic carbocycles. The number of likely N-dealkylation sites (tertiary alicyclic amines) is 1. The zero-order valence-corrected chi connectivity index (χ0v) is 26.9. The Morgan fingerprint density at radius 3 is 2.77 bits per heavy atom. The number of benzene rings is 2. The van der Waals surface area contributed by atoms with E-state index in [2.05, 4.69) is 25.7 Å². The van der Waals surface area contributed by atoms with Crippen LogP contribution in [0.5, 0.6) is 11.8 Å². The first-order valence-electron chi connectivity index (χ1n) is 17.0. The van der Waals surface area contributed by atoms with Gasteiger partial charge in [0.2, 0.25) is 0 Å². The summed E-state index contributed by atoms with van der Waals surface area (Å²) < 4.78 is 49.8. The third-order valence-electron chi connectivity index (χ3n) is 10.8. The maximum atomic E-state index is 16.9. The topological polar surface area (TPSA) is 93.1 Å². The molecule has 250 valence electrons. The lowest BCUT2D eigenvalue weighted by molar-refractivity contribution is -0.0240. The van der Waals surface area contributed by atoms with E-state index >= 15 is 4.39 Å². The van der Waals surface area contributed by atoms with Gasteiger partial charge in [-0.3, -0.25) is 9.88 Å². The number of pyridine rings is 1. The zero-order chi connectivity index (χ0) is 32.8. The van der Waals surface area contributed by atoms with E-state index in [0.29, 0.717) is 61.6 Å². The van der Waals surface area contributed by atoms with Crippen molar-refractivity contribution >= 4 is 27.5 Å². The number of hydrogen-bond acceptors (Lipinski definition) is 9. The summed E-state index contributed by atoms with van der Waals surface area (Å²) in [5.74, 6) is 1.46. The van der Waals surface area contributed by atoms with E-state index in [1.54, 1.807) is 0 Å². The van der Waals surface area contributed by atoms with Gasteiger partial charge in [-0.15, -0.1) is 6.42 Å². The average Bonchev–Trinajstić information content (AvgIpc) is 3.72. The van der Waals surface area contributed by atoms with Gasteiger partial charge in [-0.2, -0.15) is 9.97 Å². The van der Waals surface area contributed by atoms with Crippen molar-refractivity contribution in [3.8, 4) is 35.4 Å². The van der Waals surface area contributed by atoms with Crippen LogP contribution in [0.25, 0.3) is 32.9 Å². The molecule has 1 unspecified atom stereocenters. The fraction of sp³-hybridized carbons (Fsp3) is 0.486. The molecular weight excluding hydrogens is 616 g/mol. The van der Waals surface area contributed by atoms with Crippen molar-refractivity contribution in [2.45, 2.75) is 57.0 Å². The largest absolute Gasteiger partial charge is 0.508 e. The van der Waals surface area contributed by atoms with Crippen molar-refractivity contribution in [1.29, 1.82) is 0 Å². The minimum Gasteiger partial charge on any atom is -0.508 e. The minimum atomic E-state index is -0.729. The number of hydrogen-bond donors (Lipinski definition) is 1. The summed E-state index contributed by atoms with van der Waals surface area (Å²) >= 11 is 0. The van der Waals surface area contributed by atoms with E-state index < -0.39 is 11.6 Å². The Balaban J connectivity index is 1.22. The molecule has 0 bridgehead atoms. The molecule has 8 rings (SSSR count). The molecular formula is C37H39F2N5O4. The third-order valence-corrected chi connectivity index (χ3v) is 10.8. The monoisotopic (exact) mass is 655 g/mol. The predicted molar refractivity (Wildman–Crippen MR) is 178 cm³/mol. The highest BCUT2D eigenvalue weighted by Gasteiger charge is 2.50. The van der Waals surface area contributed by atoms with Crippen molar-refractivity contribution in [3.63, 3.8) is 0 Å². The van der Waals surface area contributed by atoms with E-state index in [0.717, 1.165) is 64.7 Å². The first-order valence-corrected chi connectivity index (χ1v) is 17.0. The summed E-state index contributed by atoms with van der Waals surface area (Å²) in [5.41, 5.74) is 0.0458. The maximum absolute atomic E-state index is 16.9. The fourth-order valence-electron chi connectivity index (χ4n) is 8.59. The van der Waals surface area contributed by atoms with Crippen LogP contribution in [-0.4, -0.2) is 89.7 Å². The molecule has 4 fully saturated rings. The molecule has 1 N–H and O–H groups in total. The number of anilines is 1. The summed E-state index contributed by atoms with van der Waals surface area (Å²) in [6, 6.07) is 6.51. The van der Waals surface area contributed by atoms with Gasteiger partial charge in [0.1, 0.15) is 28.6 Å². The highest BCUT2D eigenvalue weighted by molar-refractivity contribution is 6.03. The standard InChI is InChI=1S/C37H39F2N5O4/c1-2-26-29(38)8-7-23-18-25(45)19-27(31(23)26)33-32(39)34-28(20-40-33)35(43-12-5-15-46-17-14-43)42-36(41-34)48-22-37-10-3-6-30(37)44(13-4-11-37)24-9-16-47-21-24/h1,7-8,18-20,24,30,45H,3-6,9-17,21-22H2/t24?,30-,37-/m1/s1. The van der Waals surface area contributed by atoms with E-state index in [1.165, 1.54) is 30.5 Å². The summed E-state index contributed by atoms with van der Waals surface area (Å²) in [4.78, 5) is 18.8. The Morgan fingerprint density at radius 2 is 1.92 bits per heavy atom. The normalized spacial score (nSPS) is 24.9. The minimum absolute atomic E-state index is 0.0307. The molecule has 48 heavy (non-hydrogen) atoms. The van der Waals surface area contributed by atoms with E-state index in [9.17, 15) is 9.50 Å². The molecule has 3 aliphatic heterocycles. The lowest BCUT2D eigenvalue weighted by atomic mass is 9.75. The second-order valence-electron chi connectivity index (χ2n) is 13.5. The lowest BCUT2D eigenvalue weighted by Crippen LogP contribution is -2.55. The van der Waals surface area contributed by atoms with Gasteiger partial charge in [0, 0.05) is 60.9 Å². The van der Waals surface area contributed by atoms with Crippen LogP contribution in [0, 0.1) is 29.4 Å². The van der Waals surface area contributed by atoms with Crippen LogP contribution < -0.4 is 9.64 Å². The molecule has 3 saturated heterocycles. The van der Waals surface area contributed by atoms with Crippen molar-refractivity contribution in [2.24, 2.45) is 5.41 Å². The fourth-order valence-corrected chi connectivity index (χ4v) is 8.59. The van der Waals surface area contributed by atoms with E-state index in [4.69, 9.17) is 25.6 Å². The number of phenols is 1. The quantitative estimate of drug-likeness (QED) is 0.257. The molecule has 0 spiro atoms. The molecule has 11 heteroatoms. The molecule has 4 aromatic rings. The Morgan fingerprint density at radius 1 is 1.02 bits per heavy atom. The van der Waals surface area contributed by atoms with Crippen LogP contribution in [0.2, 0.25) is 0 Å². The molecule has 1 saturated carbocycles. The van der Waals surface area contributed by atoms with Gasteiger partial charge < -0.3 is 24.2 Å². The Bertz CT molecular complexity index is 1900. The molecule has 0 amide bonds. The van der Waals surface area contributed by atoms with Crippen LogP contribution in [0.4, 0.5) is 14.6 Å². The number of piperidine rings is 1. The average molecular weight is 656 g/mol. The molecule has 9 nitrogen and oxygen atoms in total. The van der Waals surface area contributed by atoms with E-state index in [-0.39, 0.29) is 44.9 Å². The summed E-state index contributed by atoms with van der Waals surface area (Å²) in [5, 5.41) is 11.8. The van der Waals surface area contributed by atoms with Gasteiger partial charge >= 0.3 is 6.01 Å². The Labute approximate surface area is 278 Å². The third kappa shape index (κ3) is 5.40. The number of rotatable bonds is 6. The van der Waals surface area contributed by atoms with Crippen LogP contribution >= 0.6 is 0 Å². The van der Waals surface area contributed by atoms with Gasteiger partial charge in [0.05, 0.1) is 30.8 Å². The molecule has 2 aromatic carbocycles. The smallest absolute Gasteiger partial charge is 0.319 e.